The van der Waals surface area contributed by atoms with Gasteiger partial charge in [0, 0.05) is 25.4 Å². The van der Waals surface area contributed by atoms with Crippen molar-refractivity contribution < 1.29 is 8.42 Å². The smallest absolute Gasteiger partial charge is 0.243 e. The van der Waals surface area contributed by atoms with Crippen molar-refractivity contribution in [3.05, 3.63) is 46.2 Å². The zero-order chi connectivity index (χ0) is 14.0. The van der Waals surface area contributed by atoms with Gasteiger partial charge in [-0.05, 0) is 18.2 Å². The summed E-state index contributed by atoms with van der Waals surface area (Å²) in [5.41, 5.74) is 0.770. The molecule has 0 fully saturated rings. The maximum atomic E-state index is 12.3. The van der Waals surface area contributed by atoms with E-state index in [1.165, 1.54) is 29.6 Å². The molecule has 19 heavy (non-hydrogen) atoms. The molecule has 1 aromatic carbocycles. The maximum absolute atomic E-state index is 12.3. The molecule has 0 aliphatic carbocycles. The molecule has 0 radical (unpaired) electrons. The SMILES string of the molecule is CN(Cc1cn[nH]c1)S(=O)(=O)c1ccc(Cl)c(Cl)c1. The van der Waals surface area contributed by atoms with E-state index in [9.17, 15) is 8.42 Å². The van der Waals surface area contributed by atoms with Crippen LogP contribution in [0.4, 0.5) is 0 Å². The Balaban J connectivity index is 2.28. The van der Waals surface area contributed by atoms with Crippen LogP contribution in [0.5, 0.6) is 0 Å². The van der Waals surface area contributed by atoms with Crippen molar-refractivity contribution >= 4 is 33.2 Å². The lowest BCUT2D eigenvalue weighted by atomic mass is 10.4. The minimum atomic E-state index is -3.61. The highest BCUT2D eigenvalue weighted by molar-refractivity contribution is 7.89. The highest BCUT2D eigenvalue weighted by Crippen LogP contribution is 2.26. The lowest BCUT2D eigenvalue weighted by molar-refractivity contribution is 0.467. The number of rotatable bonds is 4. The van der Waals surface area contributed by atoms with Crippen molar-refractivity contribution in [3.63, 3.8) is 0 Å². The average Bonchev–Trinajstić information content (AvgIpc) is 2.85. The van der Waals surface area contributed by atoms with Crippen LogP contribution < -0.4 is 0 Å². The molecule has 2 rings (SSSR count). The summed E-state index contributed by atoms with van der Waals surface area (Å²) < 4.78 is 25.9. The first-order chi connectivity index (χ1) is 8.91. The number of sulfonamides is 1. The summed E-state index contributed by atoms with van der Waals surface area (Å²) in [5.74, 6) is 0. The molecule has 0 aliphatic rings. The van der Waals surface area contributed by atoms with E-state index in [1.54, 1.807) is 12.4 Å². The Morgan fingerprint density at radius 2 is 2.05 bits per heavy atom. The highest BCUT2D eigenvalue weighted by atomic mass is 35.5. The van der Waals surface area contributed by atoms with Crippen molar-refractivity contribution in [3.8, 4) is 0 Å². The summed E-state index contributed by atoms with van der Waals surface area (Å²) in [7, 11) is -2.11. The quantitative estimate of drug-likeness (QED) is 0.941. The Morgan fingerprint density at radius 3 is 2.63 bits per heavy atom. The average molecular weight is 320 g/mol. The third-order valence-electron chi connectivity index (χ3n) is 2.56. The summed E-state index contributed by atoms with van der Waals surface area (Å²) in [4.78, 5) is 0.105. The van der Waals surface area contributed by atoms with Crippen LogP contribution in [0.15, 0.2) is 35.5 Å². The van der Waals surface area contributed by atoms with Gasteiger partial charge in [0.05, 0.1) is 21.1 Å². The summed E-state index contributed by atoms with van der Waals surface area (Å²) >= 11 is 11.6. The van der Waals surface area contributed by atoms with E-state index in [1.807, 2.05) is 0 Å². The molecule has 0 aliphatic heterocycles. The van der Waals surface area contributed by atoms with Crippen LogP contribution in [0.1, 0.15) is 5.56 Å². The van der Waals surface area contributed by atoms with Gasteiger partial charge in [0.1, 0.15) is 0 Å². The first kappa shape index (κ1) is 14.3. The molecule has 2 aromatic rings. The first-order valence-electron chi connectivity index (χ1n) is 5.30. The normalized spacial score (nSPS) is 12.0. The number of halogens is 2. The molecule has 1 aromatic heterocycles. The van der Waals surface area contributed by atoms with Gasteiger partial charge in [0.15, 0.2) is 0 Å². The lowest BCUT2D eigenvalue weighted by Gasteiger charge is -2.16. The van der Waals surface area contributed by atoms with E-state index >= 15 is 0 Å². The minimum Gasteiger partial charge on any atom is -0.285 e. The van der Waals surface area contributed by atoms with Crippen molar-refractivity contribution in [2.24, 2.45) is 0 Å². The third-order valence-corrected chi connectivity index (χ3v) is 5.10. The summed E-state index contributed by atoms with van der Waals surface area (Å²) in [6, 6.07) is 4.23. The maximum Gasteiger partial charge on any atom is 0.243 e. The fraction of sp³-hybridized carbons (Fsp3) is 0.182. The van der Waals surface area contributed by atoms with Crippen molar-refractivity contribution in [1.29, 1.82) is 0 Å². The number of hydrogen-bond donors (Lipinski definition) is 1. The minimum absolute atomic E-state index is 0.105. The van der Waals surface area contributed by atoms with E-state index in [4.69, 9.17) is 23.2 Å². The number of H-pyrrole nitrogens is 1. The number of aromatic amines is 1. The second-order valence-corrected chi connectivity index (χ2v) is 6.80. The first-order valence-corrected chi connectivity index (χ1v) is 7.50. The molecule has 1 heterocycles. The predicted molar refractivity (Wildman–Crippen MR) is 73.7 cm³/mol. The second-order valence-electron chi connectivity index (χ2n) is 3.94. The standard InChI is InChI=1S/C11H11Cl2N3O2S/c1-16(7-8-5-14-15-6-8)19(17,18)9-2-3-10(12)11(13)4-9/h2-6H,7H2,1H3,(H,14,15). The molecule has 0 saturated carbocycles. The summed E-state index contributed by atoms with van der Waals surface area (Å²) in [6.45, 7) is 0.221. The predicted octanol–water partition coefficient (Wildman–Crippen LogP) is 2.54. The van der Waals surface area contributed by atoms with Gasteiger partial charge in [-0.2, -0.15) is 9.40 Å². The van der Waals surface area contributed by atoms with Gasteiger partial charge in [0.25, 0.3) is 0 Å². The van der Waals surface area contributed by atoms with Crippen molar-refractivity contribution in [2.45, 2.75) is 11.4 Å². The highest BCUT2D eigenvalue weighted by Gasteiger charge is 2.21. The van der Waals surface area contributed by atoms with Gasteiger partial charge in [-0.1, -0.05) is 23.2 Å². The number of aromatic nitrogens is 2. The monoisotopic (exact) mass is 319 g/mol. The van der Waals surface area contributed by atoms with E-state index in [2.05, 4.69) is 10.2 Å². The molecular formula is C11H11Cl2N3O2S. The van der Waals surface area contributed by atoms with Gasteiger partial charge < -0.3 is 0 Å². The zero-order valence-electron chi connectivity index (χ0n) is 9.97. The Morgan fingerprint density at radius 1 is 1.32 bits per heavy atom. The second kappa shape index (κ2) is 5.50. The van der Waals surface area contributed by atoms with Crippen LogP contribution in [-0.4, -0.2) is 30.0 Å². The molecule has 0 atom stereocenters. The van der Waals surface area contributed by atoms with Gasteiger partial charge in [-0.15, -0.1) is 0 Å². The number of hydrogen-bond acceptors (Lipinski definition) is 3. The van der Waals surface area contributed by atoms with E-state index in [0.29, 0.717) is 5.02 Å². The van der Waals surface area contributed by atoms with Crippen LogP contribution in [-0.2, 0) is 16.6 Å². The Kier molecular flexibility index (Phi) is 4.15. The molecule has 5 nitrogen and oxygen atoms in total. The largest absolute Gasteiger partial charge is 0.285 e. The van der Waals surface area contributed by atoms with Crippen molar-refractivity contribution in [1.82, 2.24) is 14.5 Å². The lowest BCUT2D eigenvalue weighted by Crippen LogP contribution is -2.26. The fourth-order valence-electron chi connectivity index (χ4n) is 1.52. The Hall–Kier alpha value is -1.08. The van der Waals surface area contributed by atoms with Gasteiger partial charge >= 0.3 is 0 Å². The van der Waals surface area contributed by atoms with Crippen LogP contribution in [0.25, 0.3) is 0 Å². The summed E-state index contributed by atoms with van der Waals surface area (Å²) in [6.07, 6.45) is 3.21. The zero-order valence-corrected chi connectivity index (χ0v) is 12.3. The number of nitrogens with zero attached hydrogens (tertiary/aromatic N) is 2. The van der Waals surface area contributed by atoms with E-state index in [0.717, 1.165) is 5.56 Å². The molecule has 102 valence electrons. The number of nitrogens with one attached hydrogen (secondary N) is 1. The number of benzene rings is 1. The van der Waals surface area contributed by atoms with Crippen LogP contribution in [0, 0.1) is 0 Å². The third kappa shape index (κ3) is 3.09. The molecule has 1 N–H and O–H groups in total. The molecule has 0 unspecified atom stereocenters. The topological polar surface area (TPSA) is 66.1 Å². The van der Waals surface area contributed by atoms with E-state index < -0.39 is 10.0 Å². The molecule has 0 bridgehead atoms. The Labute approximate surface area is 121 Å². The summed E-state index contributed by atoms with van der Waals surface area (Å²) in [5, 5.41) is 6.93. The fourth-order valence-corrected chi connectivity index (χ4v) is 3.07. The van der Waals surface area contributed by atoms with Gasteiger partial charge in [0.2, 0.25) is 10.0 Å². The molecule has 0 spiro atoms. The molecule has 0 amide bonds. The van der Waals surface area contributed by atoms with Gasteiger partial charge in [-0.3, -0.25) is 5.10 Å². The van der Waals surface area contributed by atoms with Crippen LogP contribution in [0.2, 0.25) is 10.0 Å². The Bertz CT molecular complexity index is 671. The molecule has 8 heteroatoms. The molecule has 0 saturated heterocycles. The van der Waals surface area contributed by atoms with E-state index in [-0.39, 0.29) is 16.5 Å². The van der Waals surface area contributed by atoms with Gasteiger partial charge in [-0.25, -0.2) is 8.42 Å². The molecular weight excluding hydrogens is 309 g/mol. The van der Waals surface area contributed by atoms with Crippen LogP contribution >= 0.6 is 23.2 Å². The van der Waals surface area contributed by atoms with Crippen LogP contribution in [0.3, 0.4) is 0 Å². The van der Waals surface area contributed by atoms with Crippen molar-refractivity contribution in [2.75, 3.05) is 7.05 Å².